The van der Waals surface area contributed by atoms with Gasteiger partial charge in [-0.2, -0.15) is 12.6 Å². The standard InChI is InChI=1S/C8H7BrN2O2S/c9-6-2-1-4-7(10-6)11-8(12)5(3-14)13-4/h1-2,5,14H,3H2,(H,10,11,12). The lowest BCUT2D eigenvalue weighted by Crippen LogP contribution is -2.38. The van der Waals surface area contributed by atoms with E-state index in [1.807, 2.05) is 0 Å². The quantitative estimate of drug-likeness (QED) is 0.603. The number of hydrogen-bond donors (Lipinski definition) is 2. The second-order valence-electron chi connectivity index (χ2n) is 2.76. The van der Waals surface area contributed by atoms with Crippen LogP contribution in [0.3, 0.4) is 0 Å². The number of thiol groups is 1. The zero-order valence-corrected chi connectivity index (χ0v) is 9.51. The van der Waals surface area contributed by atoms with Crippen LogP contribution in [0.1, 0.15) is 0 Å². The molecular formula is C8H7BrN2O2S. The lowest BCUT2D eigenvalue weighted by molar-refractivity contribution is -0.122. The number of nitrogens with one attached hydrogen (secondary N) is 1. The molecule has 0 saturated carbocycles. The van der Waals surface area contributed by atoms with Crippen molar-refractivity contribution in [2.24, 2.45) is 0 Å². The molecule has 0 saturated heterocycles. The van der Waals surface area contributed by atoms with E-state index in [1.54, 1.807) is 12.1 Å². The molecule has 1 atom stereocenters. The number of ether oxygens (including phenoxy) is 1. The van der Waals surface area contributed by atoms with E-state index in [4.69, 9.17) is 4.74 Å². The van der Waals surface area contributed by atoms with Gasteiger partial charge in [0.15, 0.2) is 17.7 Å². The highest BCUT2D eigenvalue weighted by Crippen LogP contribution is 2.29. The van der Waals surface area contributed by atoms with Gasteiger partial charge in [0, 0.05) is 5.75 Å². The molecule has 1 aromatic rings. The maximum absolute atomic E-state index is 11.4. The Kier molecular flexibility index (Phi) is 2.64. The summed E-state index contributed by atoms with van der Waals surface area (Å²) >= 11 is 7.23. The van der Waals surface area contributed by atoms with E-state index in [0.29, 0.717) is 21.9 Å². The van der Waals surface area contributed by atoms with Crippen LogP contribution in [0.4, 0.5) is 5.82 Å². The highest BCUT2D eigenvalue weighted by molar-refractivity contribution is 9.10. The number of halogens is 1. The van der Waals surface area contributed by atoms with E-state index in [1.165, 1.54) is 0 Å². The van der Waals surface area contributed by atoms with Gasteiger partial charge in [-0.05, 0) is 28.1 Å². The van der Waals surface area contributed by atoms with Gasteiger partial charge in [0.2, 0.25) is 0 Å². The van der Waals surface area contributed by atoms with Gasteiger partial charge in [0.25, 0.3) is 5.91 Å². The fourth-order valence-corrected chi connectivity index (χ4v) is 1.68. The molecule has 1 amide bonds. The first kappa shape index (κ1) is 9.79. The first-order valence-electron chi connectivity index (χ1n) is 3.95. The van der Waals surface area contributed by atoms with Crippen LogP contribution in [0, 0.1) is 0 Å². The van der Waals surface area contributed by atoms with Gasteiger partial charge in [-0.25, -0.2) is 4.98 Å². The number of carbonyl (C=O) groups excluding carboxylic acids is 1. The van der Waals surface area contributed by atoms with E-state index in [9.17, 15) is 4.79 Å². The summed E-state index contributed by atoms with van der Waals surface area (Å²) in [5, 5.41) is 2.65. The van der Waals surface area contributed by atoms with E-state index in [2.05, 4.69) is 38.9 Å². The first-order chi connectivity index (χ1) is 6.70. The predicted octanol–water partition coefficient (Wildman–Crippen LogP) is 1.47. The monoisotopic (exact) mass is 274 g/mol. The lowest BCUT2D eigenvalue weighted by Gasteiger charge is -2.23. The average molecular weight is 275 g/mol. The highest BCUT2D eigenvalue weighted by Gasteiger charge is 2.27. The maximum atomic E-state index is 11.4. The molecular weight excluding hydrogens is 268 g/mol. The molecule has 0 bridgehead atoms. The molecule has 1 unspecified atom stereocenters. The molecule has 0 spiro atoms. The molecule has 14 heavy (non-hydrogen) atoms. The molecule has 1 aliphatic rings. The number of nitrogens with zero attached hydrogens (tertiary/aromatic N) is 1. The Hall–Kier alpha value is -0.750. The summed E-state index contributed by atoms with van der Waals surface area (Å²) in [7, 11) is 0. The molecule has 74 valence electrons. The van der Waals surface area contributed by atoms with Crippen molar-refractivity contribution in [3.05, 3.63) is 16.7 Å². The van der Waals surface area contributed by atoms with Gasteiger partial charge in [-0.1, -0.05) is 0 Å². The Morgan fingerprint density at radius 3 is 3.14 bits per heavy atom. The van der Waals surface area contributed by atoms with Crippen molar-refractivity contribution in [3.8, 4) is 5.75 Å². The number of aromatic nitrogens is 1. The highest BCUT2D eigenvalue weighted by atomic mass is 79.9. The Morgan fingerprint density at radius 1 is 1.64 bits per heavy atom. The van der Waals surface area contributed by atoms with Crippen LogP contribution in [0.15, 0.2) is 16.7 Å². The molecule has 4 nitrogen and oxygen atoms in total. The third kappa shape index (κ3) is 1.72. The normalized spacial score (nSPS) is 19.6. The van der Waals surface area contributed by atoms with Gasteiger partial charge in [-0.3, -0.25) is 4.79 Å². The summed E-state index contributed by atoms with van der Waals surface area (Å²) in [6.45, 7) is 0. The molecule has 0 aliphatic carbocycles. The van der Waals surface area contributed by atoms with Crippen molar-refractivity contribution in [2.45, 2.75) is 6.10 Å². The van der Waals surface area contributed by atoms with Crippen molar-refractivity contribution in [2.75, 3.05) is 11.1 Å². The first-order valence-corrected chi connectivity index (χ1v) is 5.38. The van der Waals surface area contributed by atoms with Crippen LogP contribution in [-0.2, 0) is 4.79 Å². The Morgan fingerprint density at radius 2 is 2.43 bits per heavy atom. The number of fused-ring (bicyclic) bond motifs is 1. The van der Waals surface area contributed by atoms with Crippen molar-refractivity contribution in [1.82, 2.24) is 4.98 Å². The van der Waals surface area contributed by atoms with Gasteiger partial charge >= 0.3 is 0 Å². The van der Waals surface area contributed by atoms with Crippen LogP contribution in [-0.4, -0.2) is 22.7 Å². The number of anilines is 1. The van der Waals surface area contributed by atoms with E-state index in [-0.39, 0.29) is 5.91 Å². The van der Waals surface area contributed by atoms with Crippen molar-refractivity contribution in [3.63, 3.8) is 0 Å². The molecule has 2 heterocycles. The Bertz CT molecular complexity index is 386. The largest absolute Gasteiger partial charge is 0.476 e. The predicted molar refractivity (Wildman–Crippen MR) is 58.8 cm³/mol. The van der Waals surface area contributed by atoms with Gasteiger partial charge in [0.1, 0.15) is 4.60 Å². The minimum absolute atomic E-state index is 0.210. The van der Waals surface area contributed by atoms with Gasteiger partial charge < -0.3 is 10.1 Å². The van der Waals surface area contributed by atoms with Crippen molar-refractivity contribution >= 4 is 40.3 Å². The van der Waals surface area contributed by atoms with Crippen LogP contribution >= 0.6 is 28.6 Å². The third-order valence-corrected chi connectivity index (χ3v) is 2.57. The van der Waals surface area contributed by atoms with Crippen molar-refractivity contribution in [1.29, 1.82) is 0 Å². The minimum atomic E-state index is -0.534. The molecule has 2 rings (SSSR count). The number of carbonyl (C=O) groups is 1. The average Bonchev–Trinajstić information content (AvgIpc) is 2.16. The topological polar surface area (TPSA) is 51.2 Å². The van der Waals surface area contributed by atoms with E-state index >= 15 is 0 Å². The van der Waals surface area contributed by atoms with Gasteiger partial charge in [-0.15, -0.1) is 0 Å². The Labute approximate surface area is 94.6 Å². The zero-order chi connectivity index (χ0) is 10.1. The number of hydrogen-bond acceptors (Lipinski definition) is 4. The van der Waals surface area contributed by atoms with Crippen LogP contribution < -0.4 is 10.1 Å². The van der Waals surface area contributed by atoms with Crippen LogP contribution in [0.5, 0.6) is 5.75 Å². The molecule has 0 radical (unpaired) electrons. The third-order valence-electron chi connectivity index (χ3n) is 1.79. The SMILES string of the molecule is O=C1Nc2nc(Br)ccc2OC1CS. The second-order valence-corrected chi connectivity index (χ2v) is 3.94. The molecule has 1 N–H and O–H groups in total. The van der Waals surface area contributed by atoms with Crippen LogP contribution in [0.2, 0.25) is 0 Å². The molecule has 1 aromatic heterocycles. The van der Waals surface area contributed by atoms with E-state index in [0.717, 1.165) is 0 Å². The molecule has 6 heteroatoms. The van der Waals surface area contributed by atoms with Crippen molar-refractivity contribution < 1.29 is 9.53 Å². The van der Waals surface area contributed by atoms with Crippen LogP contribution in [0.25, 0.3) is 0 Å². The smallest absolute Gasteiger partial charge is 0.267 e. The number of rotatable bonds is 1. The minimum Gasteiger partial charge on any atom is -0.476 e. The summed E-state index contributed by atoms with van der Waals surface area (Å²) in [6.07, 6.45) is -0.534. The summed E-state index contributed by atoms with van der Waals surface area (Å²) in [5.74, 6) is 1.16. The number of amides is 1. The fraction of sp³-hybridized carbons (Fsp3) is 0.250. The second kappa shape index (κ2) is 3.78. The fourth-order valence-electron chi connectivity index (χ4n) is 1.13. The molecule has 1 aliphatic heterocycles. The van der Waals surface area contributed by atoms with E-state index < -0.39 is 6.10 Å². The van der Waals surface area contributed by atoms with Gasteiger partial charge in [0.05, 0.1) is 0 Å². The maximum Gasteiger partial charge on any atom is 0.267 e. The molecule has 0 aromatic carbocycles. The number of pyridine rings is 1. The zero-order valence-electron chi connectivity index (χ0n) is 7.03. The molecule has 0 fully saturated rings. The lowest BCUT2D eigenvalue weighted by atomic mass is 10.3. The summed E-state index contributed by atoms with van der Waals surface area (Å²) in [5.41, 5.74) is 0. The summed E-state index contributed by atoms with van der Waals surface area (Å²) in [4.78, 5) is 15.4. The summed E-state index contributed by atoms with van der Waals surface area (Å²) in [6, 6.07) is 3.51. The summed E-state index contributed by atoms with van der Waals surface area (Å²) < 4.78 is 6.03. The Balaban J connectivity index is 2.35.